The minimum Gasteiger partial charge on any atom is -0.497 e. The molecule has 26 heavy (non-hydrogen) atoms. The first-order chi connectivity index (χ1) is 12.6. The summed E-state index contributed by atoms with van der Waals surface area (Å²) in [7, 11) is 1.65. The number of unbranched alkanes of at least 4 members (excludes halogenated alkanes) is 1. The maximum atomic E-state index is 12.4. The molecule has 1 aliphatic rings. The zero-order valence-corrected chi connectivity index (χ0v) is 16.1. The minimum atomic E-state index is 0.0417. The highest BCUT2D eigenvalue weighted by atomic mass is 16.5. The average molecular weight is 360 g/mol. The van der Waals surface area contributed by atoms with Crippen molar-refractivity contribution in [3.05, 3.63) is 29.8 Å². The van der Waals surface area contributed by atoms with E-state index in [0.29, 0.717) is 6.54 Å². The van der Waals surface area contributed by atoms with Gasteiger partial charge in [-0.2, -0.15) is 0 Å². The Hall–Kier alpha value is -2.04. The molecule has 1 fully saturated rings. The fourth-order valence-electron chi connectivity index (χ4n) is 3.45. The van der Waals surface area contributed by atoms with Crippen molar-refractivity contribution in [1.29, 1.82) is 0 Å². The second kappa shape index (κ2) is 10.8. The van der Waals surface area contributed by atoms with Gasteiger partial charge >= 0.3 is 0 Å². The maximum absolute atomic E-state index is 12.4. The van der Waals surface area contributed by atoms with Gasteiger partial charge in [0, 0.05) is 24.9 Å². The molecule has 1 aromatic carbocycles. The molecule has 0 unspecified atom stereocenters. The number of carbonyl (C=O) groups is 2. The van der Waals surface area contributed by atoms with E-state index in [4.69, 9.17) is 4.74 Å². The van der Waals surface area contributed by atoms with E-state index in [-0.39, 0.29) is 23.7 Å². The Bertz CT molecular complexity index is 580. The summed E-state index contributed by atoms with van der Waals surface area (Å²) >= 11 is 0. The van der Waals surface area contributed by atoms with Crippen molar-refractivity contribution in [2.75, 3.05) is 20.2 Å². The number of hydrogen-bond donors (Lipinski definition) is 2. The van der Waals surface area contributed by atoms with Crippen molar-refractivity contribution in [2.24, 2.45) is 11.8 Å². The Morgan fingerprint density at radius 2 is 1.65 bits per heavy atom. The third kappa shape index (κ3) is 6.36. The van der Waals surface area contributed by atoms with Crippen molar-refractivity contribution in [1.82, 2.24) is 10.6 Å². The van der Waals surface area contributed by atoms with Crippen LogP contribution >= 0.6 is 0 Å². The zero-order chi connectivity index (χ0) is 18.8. The second-order valence-electron chi connectivity index (χ2n) is 7.09. The number of amides is 2. The minimum absolute atomic E-state index is 0.0417. The molecule has 0 aliphatic heterocycles. The summed E-state index contributed by atoms with van der Waals surface area (Å²) in [6.45, 7) is 3.51. The molecular weight excluding hydrogens is 328 g/mol. The van der Waals surface area contributed by atoms with Crippen LogP contribution in [0.2, 0.25) is 0 Å². The summed E-state index contributed by atoms with van der Waals surface area (Å²) in [5.41, 5.74) is 1.15. The van der Waals surface area contributed by atoms with Crippen molar-refractivity contribution in [2.45, 2.75) is 51.9 Å². The van der Waals surface area contributed by atoms with E-state index in [1.807, 2.05) is 24.3 Å². The van der Waals surface area contributed by atoms with Crippen LogP contribution in [-0.4, -0.2) is 32.0 Å². The number of hydrogen-bond acceptors (Lipinski definition) is 3. The second-order valence-corrected chi connectivity index (χ2v) is 7.09. The highest BCUT2D eigenvalue weighted by Crippen LogP contribution is 2.29. The molecule has 144 valence electrons. The number of ether oxygens (including phenoxy) is 1. The van der Waals surface area contributed by atoms with Gasteiger partial charge in [-0.3, -0.25) is 9.59 Å². The van der Waals surface area contributed by atoms with Gasteiger partial charge in [0.2, 0.25) is 11.8 Å². The van der Waals surface area contributed by atoms with Gasteiger partial charge in [0.25, 0.3) is 0 Å². The Labute approximate surface area is 156 Å². The SMILES string of the molecule is CCCCNC(=O)C1CCC(C(=O)NCCc2cccc(OC)c2)CC1. The number of methoxy groups -OCH3 is 1. The number of benzene rings is 1. The smallest absolute Gasteiger partial charge is 0.223 e. The van der Waals surface area contributed by atoms with Gasteiger partial charge in [0.15, 0.2) is 0 Å². The highest BCUT2D eigenvalue weighted by Gasteiger charge is 2.29. The van der Waals surface area contributed by atoms with Crippen LogP contribution in [0.4, 0.5) is 0 Å². The molecule has 1 aromatic rings. The van der Waals surface area contributed by atoms with Gasteiger partial charge in [-0.1, -0.05) is 25.5 Å². The summed E-state index contributed by atoms with van der Waals surface area (Å²) in [5.74, 6) is 1.24. The molecule has 2 N–H and O–H groups in total. The molecule has 1 aliphatic carbocycles. The van der Waals surface area contributed by atoms with Gasteiger partial charge in [0.05, 0.1) is 7.11 Å². The molecule has 5 heteroatoms. The van der Waals surface area contributed by atoms with Crippen LogP contribution in [0.5, 0.6) is 5.75 Å². The van der Waals surface area contributed by atoms with Crippen molar-refractivity contribution >= 4 is 11.8 Å². The summed E-state index contributed by atoms with van der Waals surface area (Å²) in [6, 6.07) is 7.91. The van der Waals surface area contributed by atoms with Gasteiger partial charge in [-0.05, 0) is 56.2 Å². The van der Waals surface area contributed by atoms with Gasteiger partial charge in [-0.25, -0.2) is 0 Å². The normalized spacial score (nSPS) is 19.6. The van der Waals surface area contributed by atoms with Crippen LogP contribution in [-0.2, 0) is 16.0 Å². The van der Waals surface area contributed by atoms with Crippen molar-refractivity contribution in [3.63, 3.8) is 0 Å². The summed E-state index contributed by atoms with van der Waals surface area (Å²) < 4.78 is 5.22. The number of carbonyl (C=O) groups excluding carboxylic acids is 2. The third-order valence-corrected chi connectivity index (χ3v) is 5.15. The number of nitrogens with one attached hydrogen (secondary N) is 2. The summed E-state index contributed by atoms with van der Waals surface area (Å²) in [6.07, 6.45) is 6.13. The molecule has 0 radical (unpaired) electrons. The predicted molar refractivity (Wildman–Crippen MR) is 103 cm³/mol. The highest BCUT2D eigenvalue weighted by molar-refractivity contribution is 5.81. The van der Waals surface area contributed by atoms with E-state index in [9.17, 15) is 9.59 Å². The average Bonchev–Trinajstić information content (AvgIpc) is 2.68. The Balaban J connectivity index is 1.67. The maximum Gasteiger partial charge on any atom is 0.223 e. The van der Waals surface area contributed by atoms with Crippen LogP contribution in [0, 0.1) is 11.8 Å². The lowest BCUT2D eigenvalue weighted by Crippen LogP contribution is -2.38. The monoisotopic (exact) mass is 360 g/mol. The van der Waals surface area contributed by atoms with Gasteiger partial charge in [0.1, 0.15) is 5.75 Å². The molecule has 5 nitrogen and oxygen atoms in total. The van der Waals surface area contributed by atoms with Gasteiger partial charge < -0.3 is 15.4 Å². The van der Waals surface area contributed by atoms with Crippen LogP contribution in [0.25, 0.3) is 0 Å². The predicted octanol–water partition coefficient (Wildman–Crippen LogP) is 3.08. The zero-order valence-electron chi connectivity index (χ0n) is 16.1. The summed E-state index contributed by atoms with van der Waals surface area (Å²) in [5, 5.41) is 6.05. The van der Waals surface area contributed by atoms with E-state index in [1.165, 1.54) is 0 Å². The first kappa shape index (κ1) is 20.3. The first-order valence-electron chi connectivity index (χ1n) is 9.82. The van der Waals surface area contributed by atoms with Crippen molar-refractivity contribution in [3.8, 4) is 5.75 Å². The quantitative estimate of drug-likeness (QED) is 0.665. The molecule has 0 spiro atoms. The van der Waals surface area contributed by atoms with Crippen LogP contribution < -0.4 is 15.4 Å². The van der Waals surface area contributed by atoms with E-state index in [0.717, 1.165) is 62.8 Å². The molecule has 0 aromatic heterocycles. The molecule has 2 amide bonds. The molecular formula is C21H32N2O3. The third-order valence-electron chi connectivity index (χ3n) is 5.15. The summed E-state index contributed by atoms with van der Waals surface area (Å²) in [4.78, 5) is 24.5. The lowest BCUT2D eigenvalue weighted by molar-refractivity contribution is -0.130. The standard InChI is InChI=1S/C21H32N2O3/c1-3-4-13-22-20(24)17-8-10-18(11-9-17)21(25)23-14-12-16-6-5-7-19(15-16)26-2/h5-7,15,17-18H,3-4,8-14H2,1-2H3,(H,22,24)(H,23,25). The first-order valence-corrected chi connectivity index (χ1v) is 9.82. The molecule has 2 rings (SSSR count). The fraction of sp³-hybridized carbons (Fsp3) is 0.619. The van der Waals surface area contributed by atoms with E-state index < -0.39 is 0 Å². The largest absolute Gasteiger partial charge is 0.497 e. The fourth-order valence-corrected chi connectivity index (χ4v) is 3.45. The van der Waals surface area contributed by atoms with E-state index >= 15 is 0 Å². The molecule has 1 saturated carbocycles. The Morgan fingerprint density at radius 1 is 1.04 bits per heavy atom. The van der Waals surface area contributed by atoms with Crippen LogP contribution in [0.1, 0.15) is 51.0 Å². The number of rotatable bonds is 9. The molecule has 0 bridgehead atoms. The molecule has 0 atom stereocenters. The van der Waals surface area contributed by atoms with E-state index in [1.54, 1.807) is 7.11 Å². The van der Waals surface area contributed by atoms with Crippen molar-refractivity contribution < 1.29 is 14.3 Å². The Morgan fingerprint density at radius 3 is 2.23 bits per heavy atom. The van der Waals surface area contributed by atoms with Crippen LogP contribution in [0.3, 0.4) is 0 Å². The van der Waals surface area contributed by atoms with Gasteiger partial charge in [-0.15, -0.1) is 0 Å². The molecule has 0 saturated heterocycles. The topological polar surface area (TPSA) is 67.4 Å². The Kier molecular flexibility index (Phi) is 8.45. The lowest BCUT2D eigenvalue weighted by Gasteiger charge is -2.27. The van der Waals surface area contributed by atoms with E-state index in [2.05, 4.69) is 17.6 Å². The van der Waals surface area contributed by atoms with Crippen LogP contribution in [0.15, 0.2) is 24.3 Å². The lowest BCUT2D eigenvalue weighted by atomic mass is 9.81. The molecule has 0 heterocycles.